The van der Waals surface area contributed by atoms with Gasteiger partial charge >= 0.3 is 12.1 Å². The molecule has 2 heterocycles. The molecule has 0 spiro atoms. The van der Waals surface area contributed by atoms with Crippen molar-refractivity contribution < 1.29 is 36.7 Å². The van der Waals surface area contributed by atoms with Crippen LogP contribution in [-0.2, 0) is 20.4 Å². The molecular formula is C25H23F3N2O5. The number of nitrogens with zero attached hydrogens (tertiary/aromatic N) is 1. The average molecular weight is 488 g/mol. The number of rotatable bonds is 6. The van der Waals surface area contributed by atoms with E-state index < -0.39 is 29.7 Å². The summed E-state index contributed by atoms with van der Waals surface area (Å²) in [6.07, 6.45) is -5.64. The fraction of sp³-hybridized carbons (Fsp3) is 0.280. The third kappa shape index (κ3) is 6.02. The third-order valence-corrected chi connectivity index (χ3v) is 5.45. The highest BCUT2D eigenvalue weighted by Crippen LogP contribution is 2.32. The fourth-order valence-corrected chi connectivity index (χ4v) is 3.54. The number of carbonyl (C=O) groups excluding carboxylic acids is 2. The number of ether oxygens (including phenoxy) is 2. The van der Waals surface area contributed by atoms with Crippen LogP contribution in [0.4, 0.5) is 24.5 Å². The third-order valence-electron chi connectivity index (χ3n) is 5.45. The largest absolute Gasteiger partial charge is 0.449 e. The number of benzene rings is 2. The lowest BCUT2D eigenvalue weighted by molar-refractivity contribution is -0.137. The summed E-state index contributed by atoms with van der Waals surface area (Å²) in [5.74, 6) is -1.61. The summed E-state index contributed by atoms with van der Waals surface area (Å²) in [7, 11) is 0. The first-order valence-electron chi connectivity index (χ1n) is 10.9. The van der Waals surface area contributed by atoms with Gasteiger partial charge in [-0.1, -0.05) is 12.1 Å². The molecule has 1 aliphatic rings. The van der Waals surface area contributed by atoms with Crippen LogP contribution in [0.5, 0.6) is 0 Å². The molecule has 1 fully saturated rings. The summed E-state index contributed by atoms with van der Waals surface area (Å²) in [5, 5.41) is 2.68. The standard InChI is InChI=1S/C25H23F3N2O5/c1-16(23(31)29-19-5-7-20(8-6-19)30-11-13-33-14-12-30)34-24(32)22-10-9-21(35-22)17-3-2-4-18(15-17)25(26,27)28/h2-10,15-16H,11-14H2,1H3,(H,29,31). The van der Waals surface area contributed by atoms with Crippen LogP contribution in [0, 0.1) is 0 Å². The Labute approximate surface area is 199 Å². The Kier molecular flexibility index (Phi) is 7.11. The zero-order chi connectivity index (χ0) is 25.0. The number of amides is 1. The minimum Gasteiger partial charge on any atom is -0.449 e. The summed E-state index contributed by atoms with van der Waals surface area (Å²) in [6.45, 7) is 4.32. The smallest absolute Gasteiger partial charge is 0.416 e. The number of esters is 1. The van der Waals surface area contributed by atoms with E-state index in [1.54, 1.807) is 12.1 Å². The van der Waals surface area contributed by atoms with Crippen molar-refractivity contribution in [1.29, 1.82) is 0 Å². The van der Waals surface area contributed by atoms with Crippen LogP contribution in [0.2, 0.25) is 0 Å². The van der Waals surface area contributed by atoms with Gasteiger partial charge in [0.2, 0.25) is 5.76 Å². The Morgan fingerprint density at radius 2 is 1.74 bits per heavy atom. The summed E-state index contributed by atoms with van der Waals surface area (Å²) in [6, 6.07) is 14.5. The second kappa shape index (κ2) is 10.2. The molecule has 0 radical (unpaired) electrons. The van der Waals surface area contributed by atoms with Gasteiger partial charge in [-0.15, -0.1) is 0 Å². The lowest BCUT2D eigenvalue weighted by Crippen LogP contribution is -2.36. The molecule has 35 heavy (non-hydrogen) atoms. The topological polar surface area (TPSA) is 81.0 Å². The van der Waals surface area contributed by atoms with E-state index >= 15 is 0 Å². The monoisotopic (exact) mass is 488 g/mol. The molecule has 4 rings (SSSR count). The molecule has 1 unspecified atom stereocenters. The molecular weight excluding hydrogens is 465 g/mol. The zero-order valence-corrected chi connectivity index (χ0v) is 18.8. The number of halogens is 3. The molecule has 1 atom stereocenters. The number of nitrogens with one attached hydrogen (secondary N) is 1. The first kappa shape index (κ1) is 24.3. The number of hydrogen-bond donors (Lipinski definition) is 1. The van der Waals surface area contributed by atoms with Crippen LogP contribution in [0.25, 0.3) is 11.3 Å². The van der Waals surface area contributed by atoms with Gasteiger partial charge in [-0.3, -0.25) is 4.79 Å². The molecule has 10 heteroatoms. The SMILES string of the molecule is CC(OC(=O)c1ccc(-c2cccc(C(F)(F)F)c2)o1)C(=O)Nc1ccc(N2CCOCC2)cc1. The van der Waals surface area contributed by atoms with Gasteiger partial charge in [-0.05, 0) is 55.5 Å². The highest BCUT2D eigenvalue weighted by molar-refractivity contribution is 5.96. The fourth-order valence-electron chi connectivity index (χ4n) is 3.54. The molecule has 1 N–H and O–H groups in total. The van der Waals surface area contributed by atoms with Crippen molar-refractivity contribution >= 4 is 23.3 Å². The van der Waals surface area contributed by atoms with Crippen LogP contribution in [0.15, 0.2) is 65.1 Å². The molecule has 0 aliphatic carbocycles. The number of anilines is 2. The molecule has 184 valence electrons. The molecule has 1 aliphatic heterocycles. The van der Waals surface area contributed by atoms with Crippen LogP contribution in [0.1, 0.15) is 23.0 Å². The van der Waals surface area contributed by atoms with Crippen LogP contribution >= 0.6 is 0 Å². The summed E-state index contributed by atoms with van der Waals surface area (Å²) >= 11 is 0. The van der Waals surface area contributed by atoms with Gasteiger partial charge in [0.15, 0.2) is 6.10 Å². The van der Waals surface area contributed by atoms with E-state index in [4.69, 9.17) is 13.9 Å². The van der Waals surface area contributed by atoms with Gasteiger partial charge in [0, 0.05) is 30.0 Å². The van der Waals surface area contributed by atoms with Crippen molar-refractivity contribution in [3.8, 4) is 11.3 Å². The molecule has 1 amide bonds. The van der Waals surface area contributed by atoms with Crippen molar-refractivity contribution in [2.75, 3.05) is 36.5 Å². The van der Waals surface area contributed by atoms with E-state index in [1.807, 2.05) is 12.1 Å². The predicted octanol–water partition coefficient (Wildman–Crippen LogP) is 4.99. The lowest BCUT2D eigenvalue weighted by atomic mass is 10.1. The Balaban J connectivity index is 1.34. The normalized spacial score (nSPS) is 14.9. The molecule has 7 nitrogen and oxygen atoms in total. The highest BCUT2D eigenvalue weighted by Gasteiger charge is 2.31. The average Bonchev–Trinajstić information content (AvgIpc) is 3.35. The predicted molar refractivity (Wildman–Crippen MR) is 122 cm³/mol. The molecule has 0 saturated carbocycles. The van der Waals surface area contributed by atoms with E-state index in [2.05, 4.69) is 10.2 Å². The van der Waals surface area contributed by atoms with Gasteiger partial charge in [0.1, 0.15) is 5.76 Å². The second-order valence-electron chi connectivity index (χ2n) is 7.93. The molecule has 1 saturated heterocycles. The molecule has 1 aromatic heterocycles. The van der Waals surface area contributed by atoms with Gasteiger partial charge < -0.3 is 24.1 Å². The van der Waals surface area contributed by atoms with Crippen molar-refractivity contribution in [3.63, 3.8) is 0 Å². The van der Waals surface area contributed by atoms with Gasteiger partial charge in [-0.25, -0.2) is 4.79 Å². The number of alkyl halides is 3. The van der Waals surface area contributed by atoms with Gasteiger partial charge in [0.25, 0.3) is 5.91 Å². The molecule has 0 bridgehead atoms. The van der Waals surface area contributed by atoms with E-state index in [9.17, 15) is 22.8 Å². The number of carbonyl (C=O) groups is 2. The summed E-state index contributed by atoms with van der Waals surface area (Å²) in [4.78, 5) is 27.1. The lowest BCUT2D eigenvalue weighted by Gasteiger charge is -2.28. The Morgan fingerprint density at radius 1 is 1.03 bits per heavy atom. The van der Waals surface area contributed by atoms with E-state index in [-0.39, 0.29) is 17.1 Å². The van der Waals surface area contributed by atoms with Crippen molar-refractivity contribution in [3.05, 3.63) is 72.0 Å². The molecule has 3 aromatic rings. The minimum atomic E-state index is -4.50. The first-order valence-corrected chi connectivity index (χ1v) is 10.9. The van der Waals surface area contributed by atoms with E-state index in [1.165, 1.54) is 31.2 Å². The molecule has 2 aromatic carbocycles. The van der Waals surface area contributed by atoms with Crippen molar-refractivity contribution in [2.45, 2.75) is 19.2 Å². The summed E-state index contributed by atoms with van der Waals surface area (Å²) in [5.41, 5.74) is 0.879. The van der Waals surface area contributed by atoms with Gasteiger partial charge in [0.05, 0.1) is 18.8 Å². The number of furan rings is 1. The Bertz CT molecular complexity index is 1180. The van der Waals surface area contributed by atoms with Crippen molar-refractivity contribution in [1.82, 2.24) is 0 Å². The maximum Gasteiger partial charge on any atom is 0.416 e. The van der Waals surface area contributed by atoms with Crippen LogP contribution in [0.3, 0.4) is 0 Å². The number of hydrogen-bond acceptors (Lipinski definition) is 6. The summed E-state index contributed by atoms with van der Waals surface area (Å²) < 4.78 is 54.7. The Morgan fingerprint density at radius 3 is 2.43 bits per heavy atom. The first-order chi connectivity index (χ1) is 16.7. The van der Waals surface area contributed by atoms with Crippen LogP contribution < -0.4 is 10.2 Å². The second-order valence-corrected chi connectivity index (χ2v) is 7.93. The maximum absolute atomic E-state index is 12.9. The quantitative estimate of drug-likeness (QED) is 0.493. The highest BCUT2D eigenvalue weighted by atomic mass is 19.4. The minimum absolute atomic E-state index is 0.0699. The van der Waals surface area contributed by atoms with Crippen molar-refractivity contribution in [2.24, 2.45) is 0 Å². The van der Waals surface area contributed by atoms with Gasteiger partial charge in [-0.2, -0.15) is 13.2 Å². The van der Waals surface area contributed by atoms with Crippen LogP contribution in [-0.4, -0.2) is 44.3 Å². The maximum atomic E-state index is 12.9. The van der Waals surface area contributed by atoms with E-state index in [0.717, 1.165) is 30.9 Å². The number of morpholine rings is 1. The van der Waals surface area contributed by atoms with E-state index in [0.29, 0.717) is 18.9 Å². The Hall–Kier alpha value is -3.79. The zero-order valence-electron chi connectivity index (χ0n) is 18.8.